The fourth-order valence-electron chi connectivity index (χ4n) is 4.04. The van der Waals surface area contributed by atoms with Crippen molar-refractivity contribution >= 4 is 17.6 Å². The standard InChI is InChI=1S/C21H33ClN4O/c1-3-23-21(25(2)15-17-9-12-27-16-17)24-14-20(26-10-4-5-11-26)18-7-6-8-19(22)13-18/h6-8,13,17,20H,3-5,9-12,14-16H2,1-2H3,(H,23,24). The normalized spacial score (nSPS) is 22.2. The van der Waals surface area contributed by atoms with Gasteiger partial charge in [-0.1, -0.05) is 23.7 Å². The predicted molar refractivity (Wildman–Crippen MR) is 113 cm³/mol. The fourth-order valence-corrected chi connectivity index (χ4v) is 4.24. The van der Waals surface area contributed by atoms with Gasteiger partial charge in [0.15, 0.2) is 5.96 Å². The van der Waals surface area contributed by atoms with Crippen molar-refractivity contribution in [3.05, 3.63) is 34.9 Å². The SMILES string of the molecule is CCNC(=NCC(c1cccc(Cl)c1)N1CCCC1)N(C)CC1CCOC1. The molecule has 0 spiro atoms. The molecule has 1 N–H and O–H groups in total. The van der Waals surface area contributed by atoms with Crippen LogP contribution in [0.3, 0.4) is 0 Å². The lowest BCUT2D eigenvalue weighted by atomic mass is 10.1. The van der Waals surface area contributed by atoms with Crippen molar-refractivity contribution in [3.8, 4) is 0 Å². The van der Waals surface area contributed by atoms with Gasteiger partial charge in [0.05, 0.1) is 19.2 Å². The largest absolute Gasteiger partial charge is 0.381 e. The number of hydrogen-bond donors (Lipinski definition) is 1. The average Bonchev–Trinajstić information content (AvgIpc) is 3.35. The summed E-state index contributed by atoms with van der Waals surface area (Å²) in [5.41, 5.74) is 1.26. The maximum Gasteiger partial charge on any atom is 0.193 e. The van der Waals surface area contributed by atoms with E-state index >= 15 is 0 Å². The highest BCUT2D eigenvalue weighted by atomic mass is 35.5. The molecule has 0 saturated carbocycles. The molecule has 150 valence electrons. The molecular formula is C21H33ClN4O. The highest BCUT2D eigenvalue weighted by Crippen LogP contribution is 2.27. The molecule has 0 amide bonds. The van der Waals surface area contributed by atoms with Gasteiger partial charge in [-0.25, -0.2) is 0 Å². The van der Waals surface area contributed by atoms with Crippen LogP contribution in [-0.4, -0.2) is 68.7 Å². The van der Waals surface area contributed by atoms with Gasteiger partial charge in [-0.15, -0.1) is 0 Å². The molecule has 3 rings (SSSR count). The summed E-state index contributed by atoms with van der Waals surface area (Å²) < 4.78 is 5.53. The second kappa shape index (κ2) is 10.3. The number of rotatable bonds is 7. The van der Waals surface area contributed by atoms with Crippen LogP contribution in [-0.2, 0) is 4.74 Å². The summed E-state index contributed by atoms with van der Waals surface area (Å²) in [7, 11) is 2.13. The minimum absolute atomic E-state index is 0.281. The zero-order chi connectivity index (χ0) is 19.1. The van der Waals surface area contributed by atoms with Crippen LogP contribution in [0.1, 0.15) is 37.8 Å². The second-order valence-electron chi connectivity index (χ2n) is 7.62. The summed E-state index contributed by atoms with van der Waals surface area (Å²) in [5.74, 6) is 1.58. The van der Waals surface area contributed by atoms with Crippen molar-refractivity contribution in [2.45, 2.75) is 32.2 Å². The Morgan fingerprint density at radius 1 is 1.41 bits per heavy atom. The number of nitrogens with zero attached hydrogens (tertiary/aromatic N) is 3. The lowest BCUT2D eigenvalue weighted by Crippen LogP contribution is -2.42. The smallest absolute Gasteiger partial charge is 0.193 e. The monoisotopic (exact) mass is 392 g/mol. The molecule has 2 aliphatic rings. The molecule has 0 aliphatic carbocycles. The van der Waals surface area contributed by atoms with E-state index in [-0.39, 0.29) is 6.04 Å². The third-order valence-corrected chi connectivity index (χ3v) is 5.72. The van der Waals surface area contributed by atoms with E-state index in [0.717, 1.165) is 63.3 Å². The number of halogens is 1. The predicted octanol–water partition coefficient (Wildman–Crippen LogP) is 3.41. The van der Waals surface area contributed by atoms with Gasteiger partial charge in [-0.05, 0) is 57.0 Å². The van der Waals surface area contributed by atoms with E-state index in [1.807, 2.05) is 12.1 Å². The third-order valence-electron chi connectivity index (χ3n) is 5.48. The van der Waals surface area contributed by atoms with Gasteiger partial charge in [0.25, 0.3) is 0 Å². The summed E-state index contributed by atoms with van der Waals surface area (Å²) in [4.78, 5) is 9.81. The van der Waals surface area contributed by atoms with Gasteiger partial charge in [-0.2, -0.15) is 0 Å². The molecule has 0 radical (unpaired) electrons. The van der Waals surface area contributed by atoms with Crippen LogP contribution in [0.4, 0.5) is 0 Å². The minimum Gasteiger partial charge on any atom is -0.381 e. The second-order valence-corrected chi connectivity index (χ2v) is 8.06. The van der Waals surface area contributed by atoms with Crippen molar-refractivity contribution in [3.63, 3.8) is 0 Å². The first kappa shape index (κ1) is 20.4. The van der Waals surface area contributed by atoms with Crippen LogP contribution in [0.2, 0.25) is 5.02 Å². The lowest BCUT2D eigenvalue weighted by molar-refractivity contribution is 0.181. The maximum absolute atomic E-state index is 6.27. The average molecular weight is 393 g/mol. The lowest BCUT2D eigenvalue weighted by Gasteiger charge is -2.29. The summed E-state index contributed by atoms with van der Waals surface area (Å²) >= 11 is 6.27. The molecule has 2 saturated heterocycles. The number of benzene rings is 1. The molecule has 2 atom stereocenters. The molecule has 2 aliphatic heterocycles. The molecule has 27 heavy (non-hydrogen) atoms. The van der Waals surface area contributed by atoms with Crippen LogP contribution in [0.25, 0.3) is 0 Å². The first-order chi connectivity index (χ1) is 13.2. The number of nitrogens with one attached hydrogen (secondary N) is 1. The minimum atomic E-state index is 0.281. The third kappa shape index (κ3) is 5.84. The Labute approximate surface area is 168 Å². The van der Waals surface area contributed by atoms with Crippen LogP contribution in [0.15, 0.2) is 29.3 Å². The Kier molecular flexibility index (Phi) is 7.80. The molecular weight excluding hydrogens is 360 g/mol. The maximum atomic E-state index is 6.27. The van der Waals surface area contributed by atoms with Crippen LogP contribution in [0, 0.1) is 5.92 Å². The van der Waals surface area contributed by atoms with Crippen molar-refractivity contribution in [1.82, 2.24) is 15.1 Å². The molecule has 2 heterocycles. The Balaban J connectivity index is 1.72. The molecule has 2 fully saturated rings. The van der Waals surface area contributed by atoms with Crippen molar-refractivity contribution in [2.24, 2.45) is 10.9 Å². The number of hydrogen-bond acceptors (Lipinski definition) is 3. The highest BCUT2D eigenvalue weighted by Gasteiger charge is 2.24. The molecule has 1 aromatic carbocycles. The first-order valence-corrected chi connectivity index (χ1v) is 10.6. The Morgan fingerprint density at radius 2 is 2.22 bits per heavy atom. The number of guanidine groups is 1. The van der Waals surface area contributed by atoms with Gasteiger partial charge >= 0.3 is 0 Å². The zero-order valence-electron chi connectivity index (χ0n) is 16.7. The molecule has 5 nitrogen and oxygen atoms in total. The molecule has 6 heteroatoms. The molecule has 1 aromatic rings. The van der Waals surface area contributed by atoms with E-state index in [2.05, 4.69) is 41.2 Å². The van der Waals surface area contributed by atoms with Crippen molar-refractivity contribution in [1.29, 1.82) is 0 Å². The summed E-state index contributed by atoms with van der Waals surface area (Å²) in [6.07, 6.45) is 3.67. The number of aliphatic imine (C=N–C) groups is 1. The fraction of sp³-hybridized carbons (Fsp3) is 0.667. The van der Waals surface area contributed by atoms with E-state index in [4.69, 9.17) is 21.3 Å². The van der Waals surface area contributed by atoms with Gasteiger partial charge in [0.2, 0.25) is 0 Å². The van der Waals surface area contributed by atoms with Gasteiger partial charge in [-0.3, -0.25) is 9.89 Å². The highest BCUT2D eigenvalue weighted by molar-refractivity contribution is 6.30. The van der Waals surface area contributed by atoms with Gasteiger partial charge < -0.3 is 15.0 Å². The summed E-state index contributed by atoms with van der Waals surface area (Å²) in [5, 5.41) is 4.25. The Morgan fingerprint density at radius 3 is 2.89 bits per heavy atom. The van der Waals surface area contributed by atoms with E-state index in [1.165, 1.54) is 18.4 Å². The van der Waals surface area contributed by atoms with Crippen LogP contribution in [0.5, 0.6) is 0 Å². The molecule has 0 bridgehead atoms. The van der Waals surface area contributed by atoms with E-state index in [1.54, 1.807) is 0 Å². The number of ether oxygens (including phenoxy) is 1. The topological polar surface area (TPSA) is 40.1 Å². The summed E-state index contributed by atoms with van der Waals surface area (Å²) in [6, 6.07) is 8.53. The van der Waals surface area contributed by atoms with Gasteiger partial charge in [0.1, 0.15) is 0 Å². The van der Waals surface area contributed by atoms with Crippen LogP contribution < -0.4 is 5.32 Å². The quantitative estimate of drug-likeness (QED) is 0.570. The van der Waals surface area contributed by atoms with Crippen molar-refractivity contribution < 1.29 is 4.74 Å². The molecule has 0 aromatic heterocycles. The Hall–Kier alpha value is -1.30. The van der Waals surface area contributed by atoms with E-state index < -0.39 is 0 Å². The van der Waals surface area contributed by atoms with Crippen molar-refractivity contribution in [2.75, 3.05) is 53.0 Å². The van der Waals surface area contributed by atoms with Gasteiger partial charge in [0, 0.05) is 37.7 Å². The Bertz CT molecular complexity index is 612. The first-order valence-electron chi connectivity index (χ1n) is 10.2. The van der Waals surface area contributed by atoms with E-state index in [9.17, 15) is 0 Å². The zero-order valence-corrected chi connectivity index (χ0v) is 17.4. The molecule has 2 unspecified atom stereocenters. The number of likely N-dealkylation sites (tertiary alicyclic amines) is 1. The van der Waals surface area contributed by atoms with Crippen LogP contribution >= 0.6 is 11.6 Å². The summed E-state index contributed by atoms with van der Waals surface area (Å²) in [6.45, 7) is 8.75. The van der Waals surface area contributed by atoms with E-state index in [0.29, 0.717) is 5.92 Å².